The van der Waals surface area contributed by atoms with Gasteiger partial charge in [-0.1, -0.05) is 16.8 Å². The van der Waals surface area contributed by atoms with Gasteiger partial charge in [0.2, 0.25) is 0 Å². The van der Waals surface area contributed by atoms with E-state index in [4.69, 9.17) is 20.9 Å². The van der Waals surface area contributed by atoms with Gasteiger partial charge in [0.15, 0.2) is 5.58 Å². The molecule has 1 aromatic heterocycles. The van der Waals surface area contributed by atoms with E-state index in [9.17, 15) is 4.39 Å². The van der Waals surface area contributed by atoms with Gasteiger partial charge in [0.1, 0.15) is 17.2 Å². The highest BCUT2D eigenvalue weighted by molar-refractivity contribution is 6.30. The fraction of sp³-hybridized carbons (Fsp3) is 0.409. The van der Waals surface area contributed by atoms with Crippen molar-refractivity contribution in [1.29, 1.82) is 0 Å². The lowest BCUT2D eigenvalue weighted by molar-refractivity contribution is 0.0192. The highest BCUT2D eigenvalue weighted by Gasteiger charge is 2.41. The Morgan fingerprint density at radius 1 is 1.14 bits per heavy atom. The number of hydrogen-bond donors (Lipinski definition) is 0. The first-order valence-corrected chi connectivity index (χ1v) is 10.2. The second kappa shape index (κ2) is 8.13. The maximum atomic E-state index is 13.3. The first-order chi connectivity index (χ1) is 13.6. The Balaban J connectivity index is 0.00000205. The molecule has 5 rings (SSSR count). The molecule has 1 spiro atoms. The molecule has 0 saturated carbocycles. The third-order valence-electron chi connectivity index (χ3n) is 6.03. The number of piperidine rings is 1. The number of rotatable bonds is 4. The van der Waals surface area contributed by atoms with Crippen molar-refractivity contribution in [2.24, 2.45) is 0 Å². The minimum absolute atomic E-state index is 0. The molecular formula is C22H23Cl2FN2O2. The van der Waals surface area contributed by atoms with Crippen molar-refractivity contribution in [3.63, 3.8) is 0 Å². The van der Waals surface area contributed by atoms with E-state index >= 15 is 0 Å². The topological polar surface area (TPSA) is 38.5 Å². The van der Waals surface area contributed by atoms with Crippen molar-refractivity contribution in [3.8, 4) is 5.75 Å². The largest absolute Gasteiger partial charge is 0.487 e. The number of hydrogen-bond acceptors (Lipinski definition) is 4. The fourth-order valence-electron chi connectivity index (χ4n) is 4.48. The number of fused-ring (bicyclic) bond motifs is 2. The third-order valence-corrected chi connectivity index (χ3v) is 6.26. The maximum absolute atomic E-state index is 13.3. The predicted octanol–water partition coefficient (Wildman–Crippen LogP) is 5.44. The molecule has 0 radical (unpaired) electrons. The van der Waals surface area contributed by atoms with Crippen LogP contribution in [0.3, 0.4) is 0 Å². The number of likely N-dealkylation sites (tertiary alicyclic amines) is 1. The number of aromatic nitrogens is 1. The molecule has 0 aliphatic carbocycles. The third kappa shape index (κ3) is 4.09. The Hall–Kier alpha value is -1.82. The lowest BCUT2D eigenvalue weighted by atomic mass is 9.87. The van der Waals surface area contributed by atoms with Crippen LogP contribution >= 0.6 is 24.0 Å². The zero-order valence-corrected chi connectivity index (χ0v) is 17.6. The first-order valence-electron chi connectivity index (χ1n) is 9.84. The average Bonchev–Trinajstić information content (AvgIpc) is 3.24. The summed E-state index contributed by atoms with van der Waals surface area (Å²) in [5.74, 6) is 0.697. The van der Waals surface area contributed by atoms with Crippen LogP contribution in [0, 0.1) is 5.82 Å². The summed E-state index contributed by atoms with van der Waals surface area (Å²) in [6.07, 6.45) is 4.86. The van der Waals surface area contributed by atoms with Crippen molar-refractivity contribution in [3.05, 3.63) is 58.5 Å². The summed E-state index contributed by atoms with van der Waals surface area (Å²) in [7, 11) is 0. The van der Waals surface area contributed by atoms with Gasteiger partial charge in [0.25, 0.3) is 0 Å². The smallest absolute Gasteiger partial charge is 0.170 e. The number of benzene rings is 2. The van der Waals surface area contributed by atoms with Gasteiger partial charge in [-0.25, -0.2) is 4.39 Å². The van der Waals surface area contributed by atoms with E-state index < -0.39 is 0 Å². The van der Waals surface area contributed by atoms with E-state index in [0.717, 1.165) is 73.6 Å². The van der Waals surface area contributed by atoms with Crippen LogP contribution in [0.2, 0.25) is 5.02 Å². The summed E-state index contributed by atoms with van der Waals surface area (Å²) < 4.78 is 24.8. The molecule has 0 N–H and O–H groups in total. The van der Waals surface area contributed by atoms with E-state index in [-0.39, 0.29) is 23.8 Å². The van der Waals surface area contributed by atoms with Gasteiger partial charge >= 0.3 is 0 Å². The van der Waals surface area contributed by atoms with Crippen LogP contribution in [0.25, 0.3) is 11.0 Å². The molecule has 0 unspecified atom stereocenters. The van der Waals surface area contributed by atoms with E-state index in [1.807, 2.05) is 18.2 Å². The first kappa shape index (κ1) is 20.5. The van der Waals surface area contributed by atoms with Gasteiger partial charge in [0, 0.05) is 48.8 Å². The zero-order valence-electron chi connectivity index (χ0n) is 16.0. The summed E-state index contributed by atoms with van der Waals surface area (Å²) in [6, 6.07) is 10.5. The summed E-state index contributed by atoms with van der Waals surface area (Å²) in [4.78, 5) is 2.49. The molecule has 3 aromatic rings. The molecule has 2 aromatic carbocycles. The van der Waals surface area contributed by atoms with E-state index in [2.05, 4.69) is 10.1 Å². The second-order valence-corrected chi connectivity index (χ2v) is 8.37. The molecule has 1 fully saturated rings. The summed E-state index contributed by atoms with van der Waals surface area (Å²) in [6.45, 7) is 3.09. The van der Waals surface area contributed by atoms with Crippen molar-refractivity contribution < 1.29 is 13.7 Å². The van der Waals surface area contributed by atoms with Gasteiger partial charge in [-0.2, -0.15) is 0 Å². The second-order valence-electron chi connectivity index (χ2n) is 7.93. The van der Waals surface area contributed by atoms with Gasteiger partial charge in [-0.05, 0) is 55.3 Å². The molecule has 3 heterocycles. The van der Waals surface area contributed by atoms with Crippen molar-refractivity contribution in [2.45, 2.75) is 37.7 Å². The number of aryl methyl sites for hydroxylation is 1. The molecule has 154 valence electrons. The quantitative estimate of drug-likeness (QED) is 0.545. The van der Waals surface area contributed by atoms with Crippen molar-refractivity contribution in [2.75, 3.05) is 19.6 Å². The summed E-state index contributed by atoms with van der Waals surface area (Å²) in [5, 5.41) is 5.81. The number of ether oxygens (including phenoxy) is 1. The number of halogens is 3. The Labute approximate surface area is 180 Å². The molecule has 2 aliphatic rings. The molecular weight excluding hydrogens is 414 g/mol. The molecule has 1 saturated heterocycles. The molecule has 4 nitrogen and oxygen atoms in total. The van der Waals surface area contributed by atoms with Crippen molar-refractivity contribution >= 4 is 35.0 Å². The van der Waals surface area contributed by atoms with Gasteiger partial charge in [-0.15, -0.1) is 12.4 Å². The van der Waals surface area contributed by atoms with E-state index in [1.54, 1.807) is 6.07 Å². The minimum atomic E-state index is -0.295. The van der Waals surface area contributed by atoms with Crippen molar-refractivity contribution in [1.82, 2.24) is 10.1 Å². The van der Waals surface area contributed by atoms with Crippen LogP contribution in [-0.4, -0.2) is 35.3 Å². The SMILES string of the molecule is Cl.Fc1ccc2c(CCCN3CCC4(CC3)Cc3cc(Cl)ccc3O4)noc2c1. The summed E-state index contributed by atoms with van der Waals surface area (Å²) >= 11 is 6.12. The van der Waals surface area contributed by atoms with E-state index in [0.29, 0.717) is 5.58 Å². The standard InChI is InChI=1S/C22H22ClFN2O2.ClH/c23-16-3-6-20-15(12-16)14-22(27-20)7-10-26(11-8-22)9-1-2-19-18-5-4-17(24)13-21(18)28-25-19;/h3-6,12-13H,1-2,7-11,14H2;1H. The van der Waals surface area contributed by atoms with Gasteiger partial charge in [-0.3, -0.25) is 0 Å². The monoisotopic (exact) mass is 436 g/mol. The molecule has 2 aliphatic heterocycles. The van der Waals surface area contributed by atoms with Gasteiger partial charge < -0.3 is 14.2 Å². The van der Waals surface area contributed by atoms with Crippen LogP contribution in [0.5, 0.6) is 5.75 Å². The highest BCUT2D eigenvalue weighted by Crippen LogP contribution is 2.41. The highest BCUT2D eigenvalue weighted by atomic mass is 35.5. The predicted molar refractivity (Wildman–Crippen MR) is 114 cm³/mol. The van der Waals surface area contributed by atoms with Crippen LogP contribution in [0.4, 0.5) is 4.39 Å². The van der Waals surface area contributed by atoms with Gasteiger partial charge in [0.05, 0.1) is 5.69 Å². The molecule has 0 atom stereocenters. The molecule has 0 bridgehead atoms. The van der Waals surface area contributed by atoms with Crippen LogP contribution in [0.15, 0.2) is 40.9 Å². The van der Waals surface area contributed by atoms with Crippen LogP contribution in [-0.2, 0) is 12.8 Å². The Morgan fingerprint density at radius 2 is 1.97 bits per heavy atom. The summed E-state index contributed by atoms with van der Waals surface area (Å²) in [5.41, 5.74) is 2.61. The Bertz CT molecular complexity index is 1020. The van der Waals surface area contributed by atoms with Crippen LogP contribution in [0.1, 0.15) is 30.5 Å². The maximum Gasteiger partial charge on any atom is 0.170 e. The molecule has 29 heavy (non-hydrogen) atoms. The van der Waals surface area contributed by atoms with E-state index in [1.165, 1.54) is 17.7 Å². The van der Waals surface area contributed by atoms with Crippen LogP contribution < -0.4 is 4.74 Å². The minimum Gasteiger partial charge on any atom is -0.487 e. The average molecular weight is 437 g/mol. The molecule has 0 amide bonds. The Morgan fingerprint density at radius 3 is 2.79 bits per heavy atom. The lowest BCUT2D eigenvalue weighted by Crippen LogP contribution is -2.47. The lowest BCUT2D eigenvalue weighted by Gasteiger charge is -2.38. The zero-order chi connectivity index (χ0) is 19.1. The normalized spacial score (nSPS) is 17.9. The Kier molecular flexibility index (Phi) is 5.74. The molecule has 7 heteroatoms. The number of nitrogens with zero attached hydrogens (tertiary/aromatic N) is 2. The fourth-order valence-corrected chi connectivity index (χ4v) is 4.67.